The minimum absolute atomic E-state index is 0.0663. The van der Waals surface area contributed by atoms with Crippen LogP contribution in [0.25, 0.3) is 0 Å². The molecule has 2 atom stereocenters. The summed E-state index contributed by atoms with van der Waals surface area (Å²) >= 11 is 0. The van der Waals surface area contributed by atoms with E-state index in [9.17, 15) is 22.8 Å². The summed E-state index contributed by atoms with van der Waals surface area (Å²) in [5.41, 5.74) is 5.96. The highest BCUT2D eigenvalue weighted by molar-refractivity contribution is 5.89. The predicted molar refractivity (Wildman–Crippen MR) is 104 cm³/mol. The second kappa shape index (κ2) is 10.1. The minimum atomic E-state index is -4.53. The normalized spacial score (nSPS) is 13.4. The summed E-state index contributed by atoms with van der Waals surface area (Å²) in [5, 5.41) is 5.04. The third kappa shape index (κ3) is 6.60. The van der Waals surface area contributed by atoms with Gasteiger partial charge in [-0.3, -0.25) is 9.59 Å². The van der Waals surface area contributed by atoms with Gasteiger partial charge >= 0.3 is 6.18 Å². The molecule has 0 bridgehead atoms. The second-order valence-electron chi connectivity index (χ2n) is 6.67. The molecule has 0 heterocycles. The quantitative estimate of drug-likeness (QED) is 0.629. The lowest BCUT2D eigenvalue weighted by atomic mass is 9.99. The average Bonchev–Trinajstić information content (AvgIpc) is 2.70. The monoisotopic (exact) mass is 407 g/mol. The summed E-state index contributed by atoms with van der Waals surface area (Å²) in [5.74, 6) is -1.07. The van der Waals surface area contributed by atoms with Crippen LogP contribution in [0.15, 0.2) is 54.6 Å². The van der Waals surface area contributed by atoms with E-state index in [-0.39, 0.29) is 12.0 Å². The first kappa shape index (κ1) is 22.4. The van der Waals surface area contributed by atoms with Crippen molar-refractivity contribution in [3.63, 3.8) is 0 Å². The number of nitrogens with one attached hydrogen (secondary N) is 2. The lowest BCUT2D eigenvalue weighted by Crippen LogP contribution is -2.51. The molecule has 0 aliphatic heterocycles. The van der Waals surface area contributed by atoms with E-state index in [1.807, 2.05) is 30.3 Å². The average molecular weight is 407 g/mol. The van der Waals surface area contributed by atoms with Gasteiger partial charge in [-0.2, -0.15) is 13.2 Å². The Kier molecular flexibility index (Phi) is 7.78. The zero-order chi connectivity index (χ0) is 21.4. The lowest BCUT2D eigenvalue weighted by Gasteiger charge is -2.21. The van der Waals surface area contributed by atoms with E-state index in [4.69, 9.17) is 5.73 Å². The topological polar surface area (TPSA) is 84.2 Å². The van der Waals surface area contributed by atoms with E-state index < -0.39 is 35.6 Å². The maximum Gasteiger partial charge on any atom is 0.416 e. The molecule has 0 spiro atoms. The third-order valence-electron chi connectivity index (χ3n) is 4.54. The maximum atomic E-state index is 13.1. The fraction of sp³-hybridized carbons (Fsp3) is 0.333. The fourth-order valence-electron chi connectivity index (χ4n) is 2.98. The van der Waals surface area contributed by atoms with Crippen LogP contribution in [0.2, 0.25) is 0 Å². The van der Waals surface area contributed by atoms with Gasteiger partial charge in [-0.25, -0.2) is 0 Å². The van der Waals surface area contributed by atoms with Crippen LogP contribution in [-0.2, 0) is 28.6 Å². The van der Waals surface area contributed by atoms with Gasteiger partial charge in [0.25, 0.3) is 0 Å². The molecule has 2 aromatic carbocycles. The molecule has 2 rings (SSSR count). The van der Waals surface area contributed by atoms with Crippen molar-refractivity contribution in [2.24, 2.45) is 5.73 Å². The van der Waals surface area contributed by atoms with E-state index in [1.165, 1.54) is 25.2 Å². The van der Waals surface area contributed by atoms with Crippen molar-refractivity contribution in [3.05, 3.63) is 71.3 Å². The standard InChI is InChI=1S/C21H24F3N3O2/c1-26-20(29)18(12-11-14-7-3-2-4-8-14)27-19(28)17(25)13-15-9-5-6-10-16(15)21(22,23)24/h2-10,17-18H,11-13,25H2,1H3,(H,26,29)(H,27,28). The van der Waals surface area contributed by atoms with Gasteiger partial charge in [0.2, 0.25) is 11.8 Å². The Morgan fingerprint density at radius 2 is 1.62 bits per heavy atom. The number of carbonyl (C=O) groups excluding carboxylic acids is 2. The van der Waals surface area contributed by atoms with E-state index in [2.05, 4.69) is 10.6 Å². The minimum Gasteiger partial charge on any atom is -0.357 e. The second-order valence-corrected chi connectivity index (χ2v) is 6.67. The molecule has 0 saturated carbocycles. The van der Waals surface area contributed by atoms with Crippen molar-refractivity contribution >= 4 is 11.8 Å². The predicted octanol–water partition coefficient (Wildman–Crippen LogP) is 2.44. The Balaban J connectivity index is 2.04. The SMILES string of the molecule is CNC(=O)C(CCc1ccccc1)NC(=O)C(N)Cc1ccccc1C(F)(F)F. The number of likely N-dealkylation sites (N-methyl/N-ethyl adjacent to an activating group) is 1. The van der Waals surface area contributed by atoms with Crippen LogP contribution in [0.5, 0.6) is 0 Å². The van der Waals surface area contributed by atoms with Gasteiger partial charge in [-0.15, -0.1) is 0 Å². The van der Waals surface area contributed by atoms with Gasteiger partial charge in [0.15, 0.2) is 0 Å². The van der Waals surface area contributed by atoms with Gasteiger partial charge in [0.05, 0.1) is 11.6 Å². The molecule has 156 valence electrons. The molecule has 2 amide bonds. The Bertz CT molecular complexity index is 825. The summed E-state index contributed by atoms with van der Waals surface area (Å²) in [7, 11) is 1.45. The van der Waals surface area contributed by atoms with Gasteiger partial charge in [0, 0.05) is 7.05 Å². The molecular formula is C21H24F3N3O2. The molecule has 2 unspecified atom stereocenters. The van der Waals surface area contributed by atoms with Crippen molar-refractivity contribution < 1.29 is 22.8 Å². The highest BCUT2D eigenvalue weighted by atomic mass is 19.4. The van der Waals surface area contributed by atoms with Crippen molar-refractivity contribution in [3.8, 4) is 0 Å². The van der Waals surface area contributed by atoms with Gasteiger partial charge in [0.1, 0.15) is 6.04 Å². The van der Waals surface area contributed by atoms with Gasteiger partial charge in [-0.05, 0) is 36.5 Å². The van der Waals surface area contributed by atoms with Crippen molar-refractivity contribution in [1.29, 1.82) is 0 Å². The highest BCUT2D eigenvalue weighted by Crippen LogP contribution is 2.32. The van der Waals surface area contributed by atoms with E-state index in [1.54, 1.807) is 0 Å². The number of amides is 2. The molecule has 0 radical (unpaired) electrons. The highest BCUT2D eigenvalue weighted by Gasteiger charge is 2.34. The molecule has 4 N–H and O–H groups in total. The van der Waals surface area contributed by atoms with Crippen LogP contribution in [0.3, 0.4) is 0 Å². The molecular weight excluding hydrogens is 383 g/mol. The number of rotatable bonds is 8. The first-order valence-corrected chi connectivity index (χ1v) is 9.19. The number of carbonyl (C=O) groups is 2. The summed E-state index contributed by atoms with van der Waals surface area (Å²) in [6, 6.07) is 12.4. The van der Waals surface area contributed by atoms with E-state index >= 15 is 0 Å². The number of alkyl halides is 3. The molecule has 0 aliphatic carbocycles. The Morgan fingerprint density at radius 1 is 1.00 bits per heavy atom. The summed E-state index contributed by atoms with van der Waals surface area (Å²) in [6.45, 7) is 0. The van der Waals surface area contributed by atoms with E-state index in [0.29, 0.717) is 12.8 Å². The third-order valence-corrected chi connectivity index (χ3v) is 4.54. The number of benzene rings is 2. The van der Waals surface area contributed by atoms with Crippen LogP contribution in [0.1, 0.15) is 23.1 Å². The molecule has 0 fully saturated rings. The maximum absolute atomic E-state index is 13.1. The van der Waals surface area contributed by atoms with Crippen molar-refractivity contribution in [2.75, 3.05) is 7.05 Å². The fourth-order valence-corrected chi connectivity index (χ4v) is 2.98. The number of hydrogen-bond acceptors (Lipinski definition) is 3. The largest absolute Gasteiger partial charge is 0.416 e. The van der Waals surface area contributed by atoms with Crippen LogP contribution in [-0.4, -0.2) is 30.9 Å². The van der Waals surface area contributed by atoms with E-state index in [0.717, 1.165) is 11.6 Å². The van der Waals surface area contributed by atoms with Crippen molar-refractivity contribution in [1.82, 2.24) is 10.6 Å². The molecule has 0 saturated heterocycles. The Morgan fingerprint density at radius 3 is 2.24 bits per heavy atom. The number of halogens is 3. The lowest BCUT2D eigenvalue weighted by molar-refractivity contribution is -0.138. The van der Waals surface area contributed by atoms with Gasteiger partial charge < -0.3 is 16.4 Å². The number of nitrogens with two attached hydrogens (primary N) is 1. The van der Waals surface area contributed by atoms with Crippen LogP contribution < -0.4 is 16.4 Å². The number of aryl methyl sites for hydroxylation is 1. The van der Waals surface area contributed by atoms with Crippen molar-refractivity contribution in [2.45, 2.75) is 37.5 Å². The summed E-state index contributed by atoms with van der Waals surface area (Å²) in [4.78, 5) is 24.6. The molecule has 2 aromatic rings. The first-order valence-electron chi connectivity index (χ1n) is 9.19. The van der Waals surface area contributed by atoms with Crippen LogP contribution in [0.4, 0.5) is 13.2 Å². The molecule has 0 aliphatic rings. The zero-order valence-corrected chi connectivity index (χ0v) is 16.0. The van der Waals surface area contributed by atoms with Crippen LogP contribution in [0, 0.1) is 0 Å². The molecule has 8 heteroatoms. The molecule has 5 nitrogen and oxygen atoms in total. The molecule has 0 aromatic heterocycles. The van der Waals surface area contributed by atoms with Crippen LogP contribution >= 0.6 is 0 Å². The smallest absolute Gasteiger partial charge is 0.357 e. The number of hydrogen-bond donors (Lipinski definition) is 3. The Hall–Kier alpha value is -2.87. The molecule has 29 heavy (non-hydrogen) atoms. The summed E-state index contributed by atoms with van der Waals surface area (Å²) in [6.07, 6.45) is -3.94. The first-order chi connectivity index (χ1) is 13.7. The summed E-state index contributed by atoms with van der Waals surface area (Å²) < 4.78 is 39.4. The van der Waals surface area contributed by atoms with Gasteiger partial charge in [-0.1, -0.05) is 48.5 Å². The Labute approximate surface area is 167 Å². The zero-order valence-electron chi connectivity index (χ0n) is 16.0.